The molecule has 0 amide bonds. The predicted molar refractivity (Wildman–Crippen MR) is 78.6 cm³/mol. The molecule has 1 N–H and O–H groups in total. The lowest BCUT2D eigenvalue weighted by atomic mass is 10.1. The van der Waals surface area contributed by atoms with Crippen LogP contribution in [0.15, 0.2) is 42.5 Å². The molecule has 2 aromatic carbocycles. The van der Waals surface area contributed by atoms with Gasteiger partial charge in [0.1, 0.15) is 11.5 Å². The number of aryl methyl sites for hydroxylation is 2. The highest BCUT2D eigenvalue weighted by Gasteiger charge is 2.08. The monoisotopic (exact) mass is 270 g/mol. The van der Waals surface area contributed by atoms with Gasteiger partial charge in [-0.1, -0.05) is 31.5 Å². The second kappa shape index (κ2) is 6.24. The van der Waals surface area contributed by atoms with Crippen molar-refractivity contribution in [1.82, 2.24) is 0 Å². The molecule has 0 unspecified atom stereocenters. The summed E-state index contributed by atoms with van der Waals surface area (Å²) < 4.78 is 5.77. The molecule has 0 heterocycles. The van der Waals surface area contributed by atoms with Gasteiger partial charge in [-0.3, -0.25) is 0 Å². The van der Waals surface area contributed by atoms with Crippen LogP contribution in [0.25, 0.3) is 0 Å². The van der Waals surface area contributed by atoms with E-state index in [2.05, 4.69) is 6.92 Å². The highest BCUT2D eigenvalue weighted by Crippen LogP contribution is 2.26. The number of carbonyl (C=O) groups is 1. The lowest BCUT2D eigenvalue weighted by Gasteiger charge is -2.10. The van der Waals surface area contributed by atoms with Crippen LogP contribution in [0.4, 0.5) is 0 Å². The Bertz CT molecular complexity index is 600. The van der Waals surface area contributed by atoms with Crippen LogP contribution in [-0.2, 0) is 6.42 Å². The molecule has 0 aliphatic heterocycles. The Hall–Kier alpha value is -2.29. The average Bonchev–Trinajstić information content (AvgIpc) is 2.43. The van der Waals surface area contributed by atoms with Crippen LogP contribution in [-0.4, -0.2) is 11.1 Å². The molecule has 0 radical (unpaired) electrons. The fourth-order valence-electron chi connectivity index (χ4n) is 1.98. The van der Waals surface area contributed by atoms with E-state index in [4.69, 9.17) is 9.84 Å². The lowest BCUT2D eigenvalue weighted by molar-refractivity contribution is 0.0696. The first-order valence-corrected chi connectivity index (χ1v) is 6.71. The number of aromatic carboxylic acids is 1. The second-order valence-corrected chi connectivity index (χ2v) is 4.78. The predicted octanol–water partition coefficient (Wildman–Crippen LogP) is 4.44. The van der Waals surface area contributed by atoms with Crippen LogP contribution < -0.4 is 4.74 Å². The lowest BCUT2D eigenvalue weighted by Crippen LogP contribution is -1.97. The standard InChI is InChI=1S/C17H18O3/c1-3-4-13-6-9-15(10-7-13)20-16-11-14(17(18)19)8-5-12(16)2/h5-11H,3-4H2,1-2H3,(H,18,19). The van der Waals surface area contributed by atoms with Crippen molar-refractivity contribution in [2.75, 3.05) is 0 Å². The van der Waals surface area contributed by atoms with E-state index >= 15 is 0 Å². The molecule has 2 aromatic rings. The number of rotatable bonds is 5. The summed E-state index contributed by atoms with van der Waals surface area (Å²) >= 11 is 0. The quantitative estimate of drug-likeness (QED) is 0.873. The summed E-state index contributed by atoms with van der Waals surface area (Å²) in [6, 6.07) is 12.8. The van der Waals surface area contributed by atoms with E-state index in [-0.39, 0.29) is 5.56 Å². The highest BCUT2D eigenvalue weighted by atomic mass is 16.5. The fraction of sp³-hybridized carbons (Fsp3) is 0.235. The number of carboxylic acids is 1. The molecule has 3 heteroatoms. The third-order valence-corrected chi connectivity index (χ3v) is 3.12. The zero-order valence-corrected chi connectivity index (χ0v) is 11.7. The van der Waals surface area contributed by atoms with Gasteiger partial charge in [0.2, 0.25) is 0 Å². The average molecular weight is 270 g/mol. The smallest absolute Gasteiger partial charge is 0.335 e. The second-order valence-electron chi connectivity index (χ2n) is 4.78. The zero-order chi connectivity index (χ0) is 14.5. The van der Waals surface area contributed by atoms with Gasteiger partial charge >= 0.3 is 5.97 Å². The SMILES string of the molecule is CCCc1ccc(Oc2cc(C(=O)O)ccc2C)cc1. The summed E-state index contributed by atoms with van der Waals surface area (Å²) in [5.41, 5.74) is 2.41. The molecule has 0 fully saturated rings. The van der Waals surface area contributed by atoms with E-state index in [0.717, 1.165) is 24.2 Å². The van der Waals surface area contributed by atoms with E-state index in [9.17, 15) is 4.79 Å². The van der Waals surface area contributed by atoms with Gasteiger partial charge in [0.15, 0.2) is 0 Å². The van der Waals surface area contributed by atoms with Gasteiger partial charge in [-0.15, -0.1) is 0 Å². The van der Waals surface area contributed by atoms with Gasteiger partial charge in [0.05, 0.1) is 5.56 Å². The van der Waals surface area contributed by atoms with Gasteiger partial charge in [-0.25, -0.2) is 4.79 Å². The first-order chi connectivity index (χ1) is 9.60. The molecule has 0 spiro atoms. The van der Waals surface area contributed by atoms with Crippen molar-refractivity contribution in [3.8, 4) is 11.5 Å². The first kappa shape index (κ1) is 14.1. The molecule has 0 atom stereocenters. The van der Waals surface area contributed by atoms with Gasteiger partial charge in [0.25, 0.3) is 0 Å². The Labute approximate surface area is 118 Å². The molecule has 0 aromatic heterocycles. The van der Waals surface area contributed by atoms with Crippen molar-refractivity contribution in [1.29, 1.82) is 0 Å². The van der Waals surface area contributed by atoms with Gasteiger partial charge in [0, 0.05) is 0 Å². The van der Waals surface area contributed by atoms with Gasteiger partial charge < -0.3 is 9.84 Å². The molecule has 104 valence electrons. The van der Waals surface area contributed by atoms with Crippen molar-refractivity contribution >= 4 is 5.97 Å². The van der Waals surface area contributed by atoms with Gasteiger partial charge in [-0.2, -0.15) is 0 Å². The summed E-state index contributed by atoms with van der Waals surface area (Å²) in [6.07, 6.45) is 2.16. The van der Waals surface area contributed by atoms with Crippen molar-refractivity contribution < 1.29 is 14.6 Å². The van der Waals surface area contributed by atoms with Crippen molar-refractivity contribution in [2.45, 2.75) is 26.7 Å². The summed E-state index contributed by atoms with van der Waals surface area (Å²) in [4.78, 5) is 11.0. The Morgan fingerprint density at radius 1 is 1.15 bits per heavy atom. The van der Waals surface area contributed by atoms with Crippen LogP contribution in [0.2, 0.25) is 0 Å². The van der Waals surface area contributed by atoms with Crippen LogP contribution in [0, 0.1) is 6.92 Å². The topological polar surface area (TPSA) is 46.5 Å². The summed E-state index contributed by atoms with van der Waals surface area (Å²) in [5, 5.41) is 9.01. The molecule has 2 rings (SSSR count). The van der Waals surface area contributed by atoms with Crippen molar-refractivity contribution in [2.24, 2.45) is 0 Å². The maximum atomic E-state index is 11.0. The normalized spacial score (nSPS) is 10.3. The molecular weight excluding hydrogens is 252 g/mol. The summed E-state index contributed by atoms with van der Waals surface area (Å²) in [7, 11) is 0. The molecule has 20 heavy (non-hydrogen) atoms. The number of hydrogen-bond acceptors (Lipinski definition) is 2. The third kappa shape index (κ3) is 3.38. The Morgan fingerprint density at radius 3 is 2.45 bits per heavy atom. The summed E-state index contributed by atoms with van der Waals surface area (Å²) in [6.45, 7) is 4.04. The molecule has 0 aliphatic rings. The minimum Gasteiger partial charge on any atom is -0.478 e. The zero-order valence-electron chi connectivity index (χ0n) is 11.7. The van der Waals surface area contributed by atoms with E-state index in [1.807, 2.05) is 31.2 Å². The fourth-order valence-corrected chi connectivity index (χ4v) is 1.98. The Kier molecular flexibility index (Phi) is 4.41. The maximum Gasteiger partial charge on any atom is 0.335 e. The van der Waals surface area contributed by atoms with E-state index in [1.54, 1.807) is 18.2 Å². The molecular formula is C17H18O3. The third-order valence-electron chi connectivity index (χ3n) is 3.12. The van der Waals surface area contributed by atoms with E-state index in [1.165, 1.54) is 5.56 Å². The molecule has 0 saturated heterocycles. The number of carboxylic acid groups (broad SMARTS) is 1. The van der Waals surface area contributed by atoms with Gasteiger partial charge in [-0.05, 0) is 48.7 Å². The first-order valence-electron chi connectivity index (χ1n) is 6.71. The molecule has 0 saturated carbocycles. The Balaban J connectivity index is 2.20. The van der Waals surface area contributed by atoms with E-state index < -0.39 is 5.97 Å². The number of hydrogen-bond donors (Lipinski definition) is 1. The number of benzene rings is 2. The molecule has 0 aliphatic carbocycles. The molecule has 3 nitrogen and oxygen atoms in total. The Morgan fingerprint density at radius 2 is 1.85 bits per heavy atom. The highest BCUT2D eigenvalue weighted by molar-refractivity contribution is 5.88. The van der Waals surface area contributed by atoms with Crippen LogP contribution in [0.3, 0.4) is 0 Å². The van der Waals surface area contributed by atoms with Crippen LogP contribution in [0.1, 0.15) is 34.8 Å². The van der Waals surface area contributed by atoms with Crippen molar-refractivity contribution in [3.05, 3.63) is 59.2 Å². The largest absolute Gasteiger partial charge is 0.478 e. The molecule has 0 bridgehead atoms. The van der Waals surface area contributed by atoms with E-state index in [0.29, 0.717) is 5.75 Å². The minimum atomic E-state index is -0.951. The van der Waals surface area contributed by atoms with Crippen molar-refractivity contribution in [3.63, 3.8) is 0 Å². The maximum absolute atomic E-state index is 11.0. The van der Waals surface area contributed by atoms with Crippen LogP contribution >= 0.6 is 0 Å². The number of ether oxygens (including phenoxy) is 1. The minimum absolute atomic E-state index is 0.230. The van der Waals surface area contributed by atoms with Crippen LogP contribution in [0.5, 0.6) is 11.5 Å². The summed E-state index contributed by atoms with van der Waals surface area (Å²) in [5.74, 6) is 0.344.